The van der Waals surface area contributed by atoms with Crippen molar-refractivity contribution in [3.8, 4) is 11.3 Å². The Hall–Kier alpha value is -2.14. The van der Waals surface area contributed by atoms with E-state index in [1.165, 1.54) is 0 Å². The number of aromatic nitrogens is 2. The maximum Gasteiger partial charge on any atom is 0.240 e. The van der Waals surface area contributed by atoms with E-state index in [4.69, 9.17) is 10.7 Å². The third kappa shape index (κ3) is 4.08. The van der Waals surface area contributed by atoms with E-state index in [2.05, 4.69) is 50.6 Å². The Morgan fingerprint density at radius 1 is 1.22 bits per heavy atom. The summed E-state index contributed by atoms with van der Waals surface area (Å²) in [4.78, 5) is 20.1. The largest absolute Gasteiger partial charge is 0.331 e. The van der Waals surface area contributed by atoms with Crippen molar-refractivity contribution in [3.05, 3.63) is 42.4 Å². The first-order valence-corrected chi connectivity index (χ1v) is 10.1. The zero-order chi connectivity index (χ0) is 19.6. The molecule has 2 heterocycles. The summed E-state index contributed by atoms with van der Waals surface area (Å²) in [7, 11) is 0. The molecule has 146 valence electrons. The van der Waals surface area contributed by atoms with E-state index in [9.17, 15) is 4.79 Å². The van der Waals surface area contributed by atoms with Gasteiger partial charge in [0.05, 0.1) is 17.8 Å². The Balaban J connectivity index is 1.94. The number of nitrogens with zero attached hydrogens (tertiary/aromatic N) is 3. The van der Waals surface area contributed by atoms with Gasteiger partial charge in [-0.15, -0.1) is 0 Å². The van der Waals surface area contributed by atoms with E-state index in [0.29, 0.717) is 12.5 Å². The number of rotatable bonds is 6. The van der Waals surface area contributed by atoms with Crippen LogP contribution >= 0.6 is 0 Å². The first-order chi connectivity index (χ1) is 12.9. The molecule has 1 aliphatic heterocycles. The van der Waals surface area contributed by atoms with Crippen molar-refractivity contribution >= 4 is 5.91 Å². The maximum atomic E-state index is 13.1. The van der Waals surface area contributed by atoms with Crippen LogP contribution in [-0.2, 0) is 11.3 Å². The van der Waals surface area contributed by atoms with Gasteiger partial charge < -0.3 is 15.2 Å². The van der Waals surface area contributed by atoms with Crippen molar-refractivity contribution in [2.24, 2.45) is 17.6 Å². The van der Waals surface area contributed by atoms with Crippen LogP contribution in [0.3, 0.4) is 0 Å². The average Bonchev–Trinajstić information content (AvgIpc) is 3.11. The van der Waals surface area contributed by atoms with Crippen LogP contribution in [0.2, 0.25) is 0 Å². The molecule has 0 spiro atoms. The molecule has 0 aliphatic carbocycles. The van der Waals surface area contributed by atoms with E-state index in [1.54, 1.807) is 0 Å². The summed E-state index contributed by atoms with van der Waals surface area (Å²) >= 11 is 0. The molecule has 5 heteroatoms. The minimum absolute atomic E-state index is 0.0150. The second kappa shape index (κ2) is 8.26. The number of amides is 1. The van der Waals surface area contributed by atoms with Crippen molar-refractivity contribution in [2.75, 3.05) is 6.54 Å². The van der Waals surface area contributed by atoms with Gasteiger partial charge in [0.1, 0.15) is 5.82 Å². The van der Waals surface area contributed by atoms with Gasteiger partial charge in [0.15, 0.2) is 0 Å². The predicted molar refractivity (Wildman–Crippen MR) is 109 cm³/mol. The molecule has 0 saturated carbocycles. The van der Waals surface area contributed by atoms with Crippen molar-refractivity contribution in [1.29, 1.82) is 0 Å². The lowest BCUT2D eigenvalue weighted by Crippen LogP contribution is -2.51. The van der Waals surface area contributed by atoms with E-state index < -0.39 is 6.04 Å². The van der Waals surface area contributed by atoms with Gasteiger partial charge in [-0.1, -0.05) is 64.4 Å². The minimum atomic E-state index is -0.445. The van der Waals surface area contributed by atoms with Crippen LogP contribution in [0, 0.1) is 11.8 Å². The summed E-state index contributed by atoms with van der Waals surface area (Å²) in [6.07, 6.45) is 3.92. The van der Waals surface area contributed by atoms with Gasteiger partial charge in [-0.05, 0) is 18.3 Å². The first kappa shape index (κ1) is 19.6. The number of carbonyl (C=O) groups is 1. The molecule has 2 N–H and O–H groups in total. The lowest BCUT2D eigenvalue weighted by Gasteiger charge is -2.39. The summed E-state index contributed by atoms with van der Waals surface area (Å²) < 4.78 is 2.22. The summed E-state index contributed by atoms with van der Waals surface area (Å²) in [5.74, 6) is 1.69. The van der Waals surface area contributed by atoms with E-state index in [-0.39, 0.29) is 17.9 Å². The standard InChI is InChI=1S/C22H32N4O/c1-5-16(4)20(23)22(27)26-12-11-25-14-18(17-9-7-6-8-10-17)24-21(25)19(26)13-15(2)3/h6-10,14-16,19-20H,5,11-13,23H2,1-4H3/t16-,19-,20+/m1/s1. The van der Waals surface area contributed by atoms with Crippen molar-refractivity contribution < 1.29 is 4.79 Å². The Bertz CT molecular complexity index is 768. The molecule has 1 aromatic heterocycles. The highest BCUT2D eigenvalue weighted by atomic mass is 16.2. The SMILES string of the molecule is CC[C@@H](C)[C@H](N)C(=O)N1CCn2cc(-c3ccccc3)nc2[C@H]1CC(C)C. The van der Waals surface area contributed by atoms with Gasteiger partial charge in [0.2, 0.25) is 5.91 Å². The van der Waals surface area contributed by atoms with E-state index in [1.807, 2.05) is 23.1 Å². The van der Waals surface area contributed by atoms with Gasteiger partial charge in [-0.3, -0.25) is 4.79 Å². The number of imidazole rings is 1. The highest BCUT2D eigenvalue weighted by Gasteiger charge is 2.36. The van der Waals surface area contributed by atoms with Crippen molar-refractivity contribution in [1.82, 2.24) is 14.5 Å². The smallest absolute Gasteiger partial charge is 0.240 e. The predicted octanol–water partition coefficient (Wildman–Crippen LogP) is 3.85. The quantitative estimate of drug-likeness (QED) is 0.842. The molecule has 5 nitrogen and oxygen atoms in total. The summed E-state index contributed by atoms with van der Waals surface area (Å²) in [5.41, 5.74) is 8.37. The fourth-order valence-electron chi connectivity index (χ4n) is 3.77. The van der Waals surface area contributed by atoms with Crippen LogP contribution in [0.25, 0.3) is 11.3 Å². The van der Waals surface area contributed by atoms with Crippen LogP contribution in [0.15, 0.2) is 36.5 Å². The monoisotopic (exact) mass is 368 g/mol. The Morgan fingerprint density at radius 2 is 1.93 bits per heavy atom. The lowest BCUT2D eigenvalue weighted by molar-refractivity contribution is -0.138. The first-order valence-electron chi connectivity index (χ1n) is 10.1. The minimum Gasteiger partial charge on any atom is -0.331 e. The number of hydrogen-bond donors (Lipinski definition) is 1. The van der Waals surface area contributed by atoms with Crippen LogP contribution in [-0.4, -0.2) is 32.9 Å². The molecule has 3 rings (SSSR count). The Morgan fingerprint density at radius 3 is 2.56 bits per heavy atom. The van der Waals surface area contributed by atoms with E-state index in [0.717, 1.165) is 36.5 Å². The summed E-state index contributed by atoms with van der Waals surface area (Å²) in [6.45, 7) is 9.98. The average molecular weight is 369 g/mol. The highest BCUT2D eigenvalue weighted by Crippen LogP contribution is 2.33. The van der Waals surface area contributed by atoms with Crippen LogP contribution in [0.4, 0.5) is 0 Å². The molecule has 0 fully saturated rings. The number of fused-ring (bicyclic) bond motifs is 1. The number of hydrogen-bond acceptors (Lipinski definition) is 3. The Labute approximate surface area is 162 Å². The third-order valence-electron chi connectivity index (χ3n) is 5.65. The molecule has 1 aromatic carbocycles. The number of carbonyl (C=O) groups excluding carboxylic acids is 1. The fourth-order valence-corrected chi connectivity index (χ4v) is 3.77. The molecule has 0 radical (unpaired) electrons. The summed E-state index contributed by atoms with van der Waals surface area (Å²) in [6, 6.07) is 9.76. The van der Waals surface area contributed by atoms with Gasteiger partial charge >= 0.3 is 0 Å². The summed E-state index contributed by atoms with van der Waals surface area (Å²) in [5, 5.41) is 0. The van der Waals surface area contributed by atoms with Crippen molar-refractivity contribution in [3.63, 3.8) is 0 Å². The molecule has 1 amide bonds. The zero-order valence-electron chi connectivity index (χ0n) is 16.9. The van der Waals surface area contributed by atoms with Gasteiger partial charge in [-0.25, -0.2) is 4.98 Å². The van der Waals surface area contributed by atoms with Crippen LogP contribution in [0.5, 0.6) is 0 Å². The number of benzene rings is 1. The zero-order valence-corrected chi connectivity index (χ0v) is 16.9. The third-order valence-corrected chi connectivity index (χ3v) is 5.65. The molecule has 1 aliphatic rings. The van der Waals surface area contributed by atoms with E-state index >= 15 is 0 Å². The topological polar surface area (TPSA) is 64.2 Å². The molecule has 2 aromatic rings. The molecular weight excluding hydrogens is 336 g/mol. The Kier molecular flexibility index (Phi) is 6.00. The number of nitrogens with two attached hydrogens (primary N) is 1. The van der Waals surface area contributed by atoms with Gasteiger partial charge in [0.25, 0.3) is 0 Å². The van der Waals surface area contributed by atoms with Gasteiger partial charge in [0, 0.05) is 24.8 Å². The van der Waals surface area contributed by atoms with Gasteiger partial charge in [-0.2, -0.15) is 0 Å². The fraction of sp³-hybridized carbons (Fsp3) is 0.545. The maximum absolute atomic E-state index is 13.1. The highest BCUT2D eigenvalue weighted by molar-refractivity contribution is 5.82. The van der Waals surface area contributed by atoms with Crippen molar-refractivity contribution in [2.45, 2.75) is 59.2 Å². The molecule has 0 bridgehead atoms. The molecule has 0 saturated heterocycles. The molecule has 27 heavy (non-hydrogen) atoms. The second-order valence-corrected chi connectivity index (χ2v) is 8.13. The normalized spacial score (nSPS) is 19.0. The molecule has 3 atom stereocenters. The molecular formula is C22H32N4O. The molecule has 0 unspecified atom stereocenters. The van der Waals surface area contributed by atoms with Crippen LogP contribution in [0.1, 0.15) is 52.4 Å². The van der Waals surface area contributed by atoms with Crippen LogP contribution < -0.4 is 5.73 Å². The lowest BCUT2D eigenvalue weighted by atomic mass is 9.95. The second-order valence-electron chi connectivity index (χ2n) is 8.13.